The summed E-state index contributed by atoms with van der Waals surface area (Å²) in [5.74, 6) is 0. The lowest BCUT2D eigenvalue weighted by Crippen LogP contribution is -2.23. The number of aryl methyl sites for hydroxylation is 2. The van der Waals surface area contributed by atoms with Crippen LogP contribution in [0.15, 0.2) is 40.0 Å². The zero-order chi connectivity index (χ0) is 14.5. The molecule has 0 radical (unpaired) electrons. The van der Waals surface area contributed by atoms with Gasteiger partial charge in [-0.1, -0.05) is 0 Å². The minimum Gasteiger partial charge on any atom is -0.372 e. The molecule has 0 saturated heterocycles. The average molecular weight is 289 g/mol. The topological polar surface area (TPSA) is 31.8 Å². The van der Waals surface area contributed by atoms with Gasteiger partial charge < -0.3 is 4.90 Å². The van der Waals surface area contributed by atoms with Crippen molar-refractivity contribution in [1.82, 2.24) is 0 Å². The zero-order valence-electron chi connectivity index (χ0n) is 12.5. The lowest BCUT2D eigenvalue weighted by molar-refractivity contribution is -0.654. The molecule has 1 aromatic carbocycles. The van der Waals surface area contributed by atoms with Gasteiger partial charge in [-0.25, -0.2) is 4.57 Å². The van der Waals surface area contributed by atoms with E-state index in [1.807, 2.05) is 29.3 Å². The molecule has 4 nitrogen and oxygen atoms in total. The fourth-order valence-electron chi connectivity index (χ4n) is 2.06. The van der Waals surface area contributed by atoms with Gasteiger partial charge in [0.15, 0.2) is 0 Å². The summed E-state index contributed by atoms with van der Waals surface area (Å²) in [7, 11) is 1.97. The number of nitrogens with zero attached hydrogens (tertiary/aromatic N) is 4. The van der Waals surface area contributed by atoms with Crippen LogP contribution in [0, 0.1) is 6.92 Å². The Bertz CT molecular complexity index is 600. The monoisotopic (exact) mass is 289 g/mol. The van der Waals surface area contributed by atoms with E-state index in [-0.39, 0.29) is 0 Å². The molecule has 0 amide bonds. The Morgan fingerprint density at radius 1 is 1.20 bits per heavy atom. The van der Waals surface area contributed by atoms with E-state index < -0.39 is 0 Å². The summed E-state index contributed by atoms with van der Waals surface area (Å²) in [5.41, 5.74) is 3.32. The lowest BCUT2D eigenvalue weighted by Gasteiger charge is -2.21. The van der Waals surface area contributed by atoms with Crippen molar-refractivity contribution in [3.63, 3.8) is 0 Å². The van der Waals surface area contributed by atoms with Gasteiger partial charge >= 0.3 is 5.13 Å². The molecule has 0 fully saturated rings. The standard InChI is InChI=1S/C15H21N4S/c1-5-19(6-2)13-7-8-14(12(3)11-13)16-17-15-18(4)9-10-20-15/h7-11H,5-6H2,1-4H3/q+1. The molecular weight excluding hydrogens is 268 g/mol. The highest BCUT2D eigenvalue weighted by atomic mass is 32.1. The van der Waals surface area contributed by atoms with Crippen molar-refractivity contribution in [3.8, 4) is 0 Å². The van der Waals surface area contributed by atoms with Gasteiger partial charge in [0.05, 0.1) is 12.2 Å². The van der Waals surface area contributed by atoms with Crippen LogP contribution in [0.25, 0.3) is 0 Å². The summed E-state index contributed by atoms with van der Waals surface area (Å²) >= 11 is 1.58. The Kier molecular flexibility index (Phi) is 4.84. The predicted octanol–water partition coefficient (Wildman–Crippen LogP) is 4.14. The largest absolute Gasteiger partial charge is 0.408 e. The summed E-state index contributed by atoms with van der Waals surface area (Å²) < 4.78 is 1.97. The highest BCUT2D eigenvalue weighted by Crippen LogP contribution is 2.26. The van der Waals surface area contributed by atoms with Crippen molar-refractivity contribution in [3.05, 3.63) is 35.3 Å². The van der Waals surface area contributed by atoms with E-state index in [0.29, 0.717) is 0 Å². The zero-order valence-corrected chi connectivity index (χ0v) is 13.3. The Balaban J connectivity index is 2.22. The molecule has 0 saturated carbocycles. The lowest BCUT2D eigenvalue weighted by atomic mass is 10.1. The molecule has 0 aliphatic heterocycles. The summed E-state index contributed by atoms with van der Waals surface area (Å²) in [6.45, 7) is 8.45. The normalized spacial score (nSPS) is 11.2. The van der Waals surface area contributed by atoms with Crippen LogP contribution >= 0.6 is 11.3 Å². The van der Waals surface area contributed by atoms with Crippen molar-refractivity contribution in [2.75, 3.05) is 18.0 Å². The van der Waals surface area contributed by atoms with Gasteiger partial charge in [0.2, 0.25) is 0 Å². The third-order valence-corrected chi connectivity index (χ3v) is 4.15. The SMILES string of the molecule is CCN(CC)c1ccc(/N=N/c2scc[n+]2C)c(C)c1. The Morgan fingerprint density at radius 2 is 1.95 bits per heavy atom. The molecule has 0 atom stereocenters. The van der Waals surface area contributed by atoms with Gasteiger partial charge in [-0.05, 0) is 61.0 Å². The van der Waals surface area contributed by atoms with E-state index in [2.05, 4.69) is 48.0 Å². The number of aromatic nitrogens is 1. The highest BCUT2D eigenvalue weighted by Gasteiger charge is 2.09. The van der Waals surface area contributed by atoms with Gasteiger partial charge in [0, 0.05) is 24.2 Å². The Hall–Kier alpha value is -1.75. The quantitative estimate of drug-likeness (QED) is 0.601. The van der Waals surface area contributed by atoms with E-state index in [1.165, 1.54) is 5.69 Å². The van der Waals surface area contributed by atoms with Crippen LogP contribution in [0.1, 0.15) is 19.4 Å². The first-order chi connectivity index (χ1) is 9.65. The number of rotatable bonds is 5. The van der Waals surface area contributed by atoms with Crippen molar-refractivity contribution in [1.29, 1.82) is 0 Å². The highest BCUT2D eigenvalue weighted by molar-refractivity contribution is 7.12. The van der Waals surface area contributed by atoms with Crippen LogP contribution < -0.4 is 9.47 Å². The van der Waals surface area contributed by atoms with Gasteiger partial charge in [-0.15, -0.1) is 0 Å². The van der Waals surface area contributed by atoms with Gasteiger partial charge in [-0.2, -0.15) is 0 Å². The molecule has 0 aliphatic rings. The van der Waals surface area contributed by atoms with Crippen molar-refractivity contribution >= 4 is 27.8 Å². The molecule has 20 heavy (non-hydrogen) atoms. The Morgan fingerprint density at radius 3 is 2.50 bits per heavy atom. The van der Waals surface area contributed by atoms with Crippen molar-refractivity contribution in [2.24, 2.45) is 17.3 Å². The predicted molar refractivity (Wildman–Crippen MR) is 84.4 cm³/mol. The molecule has 0 bridgehead atoms. The van der Waals surface area contributed by atoms with Crippen LogP contribution in [0.3, 0.4) is 0 Å². The van der Waals surface area contributed by atoms with Gasteiger partial charge in [0.25, 0.3) is 0 Å². The summed E-state index contributed by atoms with van der Waals surface area (Å²) in [5, 5.41) is 11.6. The number of anilines is 1. The molecule has 0 N–H and O–H groups in total. The Labute approximate surface area is 124 Å². The van der Waals surface area contributed by atoms with Crippen molar-refractivity contribution < 1.29 is 4.57 Å². The first-order valence-electron chi connectivity index (χ1n) is 6.86. The number of hydrogen-bond donors (Lipinski definition) is 0. The van der Waals surface area contributed by atoms with Crippen molar-refractivity contribution in [2.45, 2.75) is 20.8 Å². The van der Waals surface area contributed by atoms with Gasteiger partial charge in [-0.3, -0.25) is 0 Å². The second-order valence-electron chi connectivity index (χ2n) is 4.64. The first-order valence-corrected chi connectivity index (χ1v) is 7.74. The van der Waals surface area contributed by atoms with E-state index in [4.69, 9.17) is 0 Å². The molecule has 1 aromatic heterocycles. The molecule has 0 aliphatic carbocycles. The molecule has 5 heteroatoms. The minimum absolute atomic E-state index is 0.900. The second-order valence-corrected chi connectivity index (χ2v) is 5.51. The smallest absolute Gasteiger partial charge is 0.372 e. The number of benzene rings is 1. The fraction of sp³-hybridized carbons (Fsp3) is 0.400. The summed E-state index contributed by atoms with van der Waals surface area (Å²) in [6.07, 6.45) is 1.98. The summed E-state index contributed by atoms with van der Waals surface area (Å²) in [6, 6.07) is 6.33. The van der Waals surface area contributed by atoms with Crippen LogP contribution in [0.2, 0.25) is 0 Å². The molecule has 2 aromatic rings. The first kappa shape index (κ1) is 14.7. The van der Waals surface area contributed by atoms with Crippen LogP contribution in [0.4, 0.5) is 16.5 Å². The minimum atomic E-state index is 0.900. The summed E-state index contributed by atoms with van der Waals surface area (Å²) in [4.78, 5) is 2.33. The molecule has 0 spiro atoms. The van der Waals surface area contributed by atoms with E-state index in [9.17, 15) is 0 Å². The van der Waals surface area contributed by atoms with Crippen LogP contribution in [-0.2, 0) is 7.05 Å². The van der Waals surface area contributed by atoms with Gasteiger partial charge in [0.1, 0.15) is 11.9 Å². The number of hydrogen-bond acceptors (Lipinski definition) is 4. The third kappa shape index (κ3) is 3.22. The molecule has 2 rings (SSSR count). The maximum Gasteiger partial charge on any atom is 0.408 e. The average Bonchev–Trinajstić information content (AvgIpc) is 2.85. The maximum absolute atomic E-state index is 4.36. The van der Waals surface area contributed by atoms with E-state index in [0.717, 1.165) is 29.5 Å². The van der Waals surface area contributed by atoms with E-state index >= 15 is 0 Å². The second kappa shape index (κ2) is 6.61. The molecule has 106 valence electrons. The fourth-order valence-corrected chi connectivity index (χ4v) is 2.74. The third-order valence-electron chi connectivity index (χ3n) is 3.31. The molecular formula is C15H21N4S+. The number of thiazole rings is 1. The van der Waals surface area contributed by atoms with Crippen LogP contribution in [-0.4, -0.2) is 13.1 Å². The van der Waals surface area contributed by atoms with Crippen LogP contribution in [0.5, 0.6) is 0 Å². The number of azo groups is 1. The molecule has 1 heterocycles. The maximum atomic E-state index is 4.36. The van der Waals surface area contributed by atoms with E-state index in [1.54, 1.807) is 11.3 Å². The molecule has 0 unspecified atom stereocenters.